The lowest BCUT2D eigenvalue weighted by Crippen LogP contribution is -2.41. The average Bonchev–Trinajstić information content (AvgIpc) is 2.14. The van der Waals surface area contributed by atoms with Gasteiger partial charge in [-0.05, 0) is 24.5 Å². The Morgan fingerprint density at radius 1 is 1.69 bits per heavy atom. The Labute approximate surface area is 82.8 Å². The van der Waals surface area contributed by atoms with Crippen LogP contribution in [0.25, 0.3) is 0 Å². The van der Waals surface area contributed by atoms with Crippen molar-refractivity contribution in [2.24, 2.45) is 0 Å². The maximum Gasteiger partial charge on any atom is 0.247 e. The molecule has 0 aromatic rings. The number of aliphatic hydroxyl groups excluding tert-OH is 1. The fourth-order valence-corrected chi connectivity index (χ4v) is 1.64. The van der Waals surface area contributed by atoms with Gasteiger partial charge in [0.1, 0.15) is 0 Å². The molecule has 0 saturated carbocycles. The lowest BCUT2D eigenvalue weighted by molar-refractivity contribution is -0.128. The van der Waals surface area contributed by atoms with E-state index in [0.29, 0.717) is 6.54 Å². The third kappa shape index (κ3) is 3.40. The molecule has 74 valence electrons. The van der Waals surface area contributed by atoms with Gasteiger partial charge in [-0.25, -0.2) is 0 Å². The Kier molecular flexibility index (Phi) is 4.32. The van der Waals surface area contributed by atoms with E-state index in [0.717, 1.165) is 19.4 Å². The second-order valence-corrected chi connectivity index (χ2v) is 3.86. The molecule has 0 aromatic carbocycles. The fourth-order valence-electron chi connectivity index (χ4n) is 1.39. The van der Waals surface area contributed by atoms with Crippen LogP contribution >= 0.6 is 11.8 Å². The maximum absolute atomic E-state index is 11.4. The molecule has 0 spiro atoms. The molecular weight excluding hydrogens is 186 g/mol. The van der Waals surface area contributed by atoms with Gasteiger partial charge in [-0.15, -0.1) is 11.8 Å². The number of hydrogen-bond donors (Lipinski definition) is 1. The molecule has 1 amide bonds. The standard InChI is InChI=1S/C9H15NO2S/c1-13-6-4-9(12)10-5-2-3-8(11)7-10/h4,6,8,11H,2-3,5,7H2,1H3/b6-4+. The molecule has 4 heteroatoms. The minimum absolute atomic E-state index is 0.00750. The summed E-state index contributed by atoms with van der Waals surface area (Å²) in [5.74, 6) is 0.00750. The Bertz CT molecular complexity index is 206. The first kappa shape index (κ1) is 10.6. The molecule has 13 heavy (non-hydrogen) atoms. The monoisotopic (exact) mass is 201 g/mol. The molecule has 1 rings (SSSR count). The van der Waals surface area contributed by atoms with Crippen molar-refractivity contribution in [3.05, 3.63) is 11.5 Å². The Hall–Kier alpha value is -0.480. The van der Waals surface area contributed by atoms with Crippen LogP contribution in [0.3, 0.4) is 0 Å². The van der Waals surface area contributed by atoms with Crippen molar-refractivity contribution >= 4 is 17.7 Å². The van der Waals surface area contributed by atoms with Gasteiger partial charge in [0.15, 0.2) is 0 Å². The lowest BCUT2D eigenvalue weighted by Gasteiger charge is -2.29. The molecular formula is C9H15NO2S. The summed E-state index contributed by atoms with van der Waals surface area (Å²) < 4.78 is 0. The summed E-state index contributed by atoms with van der Waals surface area (Å²) in [6.45, 7) is 1.26. The highest BCUT2D eigenvalue weighted by molar-refractivity contribution is 8.01. The number of piperidine rings is 1. The van der Waals surface area contributed by atoms with E-state index < -0.39 is 0 Å². The van der Waals surface area contributed by atoms with Gasteiger partial charge in [-0.3, -0.25) is 4.79 Å². The molecule has 0 aromatic heterocycles. The van der Waals surface area contributed by atoms with Crippen LogP contribution in [0.2, 0.25) is 0 Å². The van der Waals surface area contributed by atoms with E-state index >= 15 is 0 Å². The summed E-state index contributed by atoms with van der Waals surface area (Å²) in [7, 11) is 0. The molecule has 1 saturated heterocycles. The van der Waals surface area contributed by atoms with E-state index in [-0.39, 0.29) is 12.0 Å². The molecule has 1 aliphatic heterocycles. The number of hydrogen-bond acceptors (Lipinski definition) is 3. The topological polar surface area (TPSA) is 40.5 Å². The highest BCUT2D eigenvalue weighted by Crippen LogP contribution is 2.10. The SMILES string of the molecule is CS/C=C/C(=O)N1CCCC(O)C1. The van der Waals surface area contributed by atoms with Crippen molar-refractivity contribution in [1.82, 2.24) is 4.90 Å². The predicted octanol–water partition coefficient (Wildman–Crippen LogP) is 0.846. The molecule has 3 nitrogen and oxygen atoms in total. The number of β-amino-alcohol motifs (C(OH)–C–C–N with tert-alkyl or cyclic N) is 1. The van der Waals surface area contributed by atoms with E-state index in [9.17, 15) is 9.90 Å². The number of nitrogens with zero attached hydrogens (tertiary/aromatic N) is 1. The zero-order chi connectivity index (χ0) is 9.68. The molecule has 1 aliphatic rings. The van der Waals surface area contributed by atoms with Crippen molar-refractivity contribution in [3.8, 4) is 0 Å². The summed E-state index contributed by atoms with van der Waals surface area (Å²) in [5, 5.41) is 11.1. The van der Waals surface area contributed by atoms with Gasteiger partial charge in [0.05, 0.1) is 6.10 Å². The molecule has 1 heterocycles. The van der Waals surface area contributed by atoms with Gasteiger partial charge in [0, 0.05) is 19.2 Å². The van der Waals surface area contributed by atoms with Crippen LogP contribution in [0.1, 0.15) is 12.8 Å². The minimum atomic E-state index is -0.333. The van der Waals surface area contributed by atoms with E-state index in [1.165, 1.54) is 11.8 Å². The second-order valence-electron chi connectivity index (χ2n) is 3.12. The van der Waals surface area contributed by atoms with Crippen molar-refractivity contribution in [2.45, 2.75) is 18.9 Å². The largest absolute Gasteiger partial charge is 0.391 e. The summed E-state index contributed by atoms with van der Waals surface area (Å²) in [6.07, 6.45) is 4.86. The quantitative estimate of drug-likeness (QED) is 0.673. The first-order chi connectivity index (χ1) is 6.24. The number of likely N-dealkylation sites (tertiary alicyclic amines) is 1. The van der Waals surface area contributed by atoms with Crippen LogP contribution < -0.4 is 0 Å². The van der Waals surface area contributed by atoms with Crippen LogP contribution in [-0.4, -0.2) is 41.4 Å². The van der Waals surface area contributed by atoms with E-state index in [1.54, 1.807) is 16.4 Å². The van der Waals surface area contributed by atoms with Crippen molar-refractivity contribution in [1.29, 1.82) is 0 Å². The van der Waals surface area contributed by atoms with Gasteiger partial charge in [0.25, 0.3) is 0 Å². The Balaban J connectivity index is 2.41. The number of carbonyl (C=O) groups is 1. The normalized spacial score (nSPS) is 23.8. The van der Waals surface area contributed by atoms with Gasteiger partial charge >= 0.3 is 0 Å². The van der Waals surface area contributed by atoms with E-state index in [1.807, 2.05) is 6.26 Å². The molecule has 1 unspecified atom stereocenters. The maximum atomic E-state index is 11.4. The molecule has 1 atom stereocenters. The molecule has 0 aliphatic carbocycles. The zero-order valence-electron chi connectivity index (χ0n) is 7.77. The van der Waals surface area contributed by atoms with Crippen LogP contribution in [0, 0.1) is 0 Å². The van der Waals surface area contributed by atoms with Crippen LogP contribution in [0.5, 0.6) is 0 Å². The van der Waals surface area contributed by atoms with Crippen molar-refractivity contribution in [3.63, 3.8) is 0 Å². The molecule has 0 radical (unpaired) electrons. The third-order valence-electron chi connectivity index (χ3n) is 2.05. The molecule has 1 N–H and O–H groups in total. The van der Waals surface area contributed by atoms with Gasteiger partial charge in [-0.1, -0.05) is 0 Å². The first-order valence-electron chi connectivity index (χ1n) is 4.40. The Morgan fingerprint density at radius 3 is 3.08 bits per heavy atom. The van der Waals surface area contributed by atoms with Gasteiger partial charge in [-0.2, -0.15) is 0 Å². The third-order valence-corrected chi connectivity index (χ3v) is 2.46. The summed E-state index contributed by atoms with van der Waals surface area (Å²) in [6, 6.07) is 0. The Morgan fingerprint density at radius 2 is 2.46 bits per heavy atom. The highest BCUT2D eigenvalue weighted by Gasteiger charge is 2.19. The summed E-state index contributed by atoms with van der Waals surface area (Å²) >= 11 is 1.50. The van der Waals surface area contributed by atoms with E-state index in [2.05, 4.69) is 0 Å². The van der Waals surface area contributed by atoms with Crippen LogP contribution in [0.4, 0.5) is 0 Å². The molecule has 0 bridgehead atoms. The number of rotatable bonds is 2. The highest BCUT2D eigenvalue weighted by atomic mass is 32.2. The smallest absolute Gasteiger partial charge is 0.247 e. The predicted molar refractivity (Wildman–Crippen MR) is 54.5 cm³/mol. The second kappa shape index (κ2) is 5.29. The van der Waals surface area contributed by atoms with Gasteiger partial charge in [0.2, 0.25) is 5.91 Å². The number of aliphatic hydroxyl groups is 1. The van der Waals surface area contributed by atoms with Crippen LogP contribution in [0.15, 0.2) is 11.5 Å². The average molecular weight is 201 g/mol. The van der Waals surface area contributed by atoms with E-state index in [4.69, 9.17) is 0 Å². The van der Waals surface area contributed by atoms with Crippen LogP contribution in [-0.2, 0) is 4.79 Å². The number of amides is 1. The zero-order valence-corrected chi connectivity index (χ0v) is 8.59. The lowest BCUT2D eigenvalue weighted by atomic mass is 10.1. The molecule has 1 fully saturated rings. The summed E-state index contributed by atoms with van der Waals surface area (Å²) in [4.78, 5) is 13.1. The number of thioether (sulfide) groups is 1. The summed E-state index contributed by atoms with van der Waals surface area (Å²) in [5.41, 5.74) is 0. The van der Waals surface area contributed by atoms with Gasteiger partial charge < -0.3 is 10.0 Å². The first-order valence-corrected chi connectivity index (χ1v) is 5.69. The number of carbonyl (C=O) groups excluding carboxylic acids is 1. The minimum Gasteiger partial charge on any atom is -0.391 e. The fraction of sp³-hybridized carbons (Fsp3) is 0.667. The van der Waals surface area contributed by atoms with Crippen molar-refractivity contribution in [2.75, 3.05) is 19.3 Å². The van der Waals surface area contributed by atoms with Crippen molar-refractivity contribution < 1.29 is 9.90 Å².